The van der Waals surface area contributed by atoms with Crippen LogP contribution >= 0.6 is 22.6 Å². The maximum atomic E-state index is 10.1. The molecule has 0 spiro atoms. The summed E-state index contributed by atoms with van der Waals surface area (Å²) in [5, 5.41) is 10.4. The highest BCUT2D eigenvalue weighted by Gasteiger charge is 1.87. The fourth-order valence-electron chi connectivity index (χ4n) is 0.217. The Kier molecular flexibility index (Phi) is 4.65. The minimum Gasteiger partial charge on any atom is -0.346 e. The Bertz CT molecular complexity index is 118. The number of amides is 1. The van der Waals surface area contributed by atoms with Gasteiger partial charge in [0.2, 0.25) is 0 Å². The van der Waals surface area contributed by atoms with Crippen molar-refractivity contribution in [3.8, 4) is 6.07 Å². The molecular formula is C4H5IN2O. The Morgan fingerprint density at radius 1 is 1.88 bits per heavy atom. The zero-order chi connectivity index (χ0) is 6.41. The summed E-state index contributed by atoms with van der Waals surface area (Å²) in [6.45, 7) is 0.457. The molecule has 0 saturated carbocycles. The smallest absolute Gasteiger partial charge is 0.280 e. The highest BCUT2D eigenvalue weighted by Crippen LogP contribution is 1.82. The van der Waals surface area contributed by atoms with E-state index in [2.05, 4.69) is 5.32 Å². The van der Waals surface area contributed by atoms with E-state index in [1.807, 2.05) is 6.07 Å². The first-order valence-corrected chi connectivity index (χ1v) is 3.15. The van der Waals surface area contributed by atoms with Crippen LogP contribution < -0.4 is 5.32 Å². The van der Waals surface area contributed by atoms with Crippen molar-refractivity contribution < 1.29 is 4.79 Å². The molecule has 0 saturated heterocycles. The van der Waals surface area contributed by atoms with Crippen LogP contribution in [0.15, 0.2) is 0 Å². The zero-order valence-electron chi connectivity index (χ0n) is 4.15. The van der Waals surface area contributed by atoms with Gasteiger partial charge in [-0.3, -0.25) is 4.79 Å². The van der Waals surface area contributed by atoms with Crippen LogP contribution in [0.1, 0.15) is 6.42 Å². The van der Waals surface area contributed by atoms with Crippen LogP contribution in [0.25, 0.3) is 0 Å². The number of hydrogen-bond donors (Lipinski definition) is 1. The quantitative estimate of drug-likeness (QED) is 0.329. The van der Waals surface area contributed by atoms with E-state index >= 15 is 0 Å². The van der Waals surface area contributed by atoms with Gasteiger partial charge in [-0.05, 0) is 0 Å². The molecule has 44 valence electrons. The number of hydrogen-bond acceptors (Lipinski definition) is 2. The number of carbonyl (C=O) groups is 1. The lowest BCUT2D eigenvalue weighted by Crippen LogP contribution is -2.16. The molecule has 0 aromatic heterocycles. The summed E-state index contributed by atoms with van der Waals surface area (Å²) < 4.78 is -0.113. The highest BCUT2D eigenvalue weighted by atomic mass is 127. The normalized spacial score (nSPS) is 7.50. The second kappa shape index (κ2) is 4.84. The van der Waals surface area contributed by atoms with Gasteiger partial charge in [0.1, 0.15) is 0 Å². The van der Waals surface area contributed by atoms with Crippen LogP contribution in [-0.4, -0.2) is 10.5 Å². The lowest BCUT2D eigenvalue weighted by atomic mass is 10.5. The molecule has 8 heavy (non-hydrogen) atoms. The summed E-state index contributed by atoms with van der Waals surface area (Å²) in [4.78, 5) is 10.1. The minimum absolute atomic E-state index is 0.113. The van der Waals surface area contributed by atoms with Crippen LogP contribution in [-0.2, 0) is 0 Å². The minimum atomic E-state index is -0.113. The van der Waals surface area contributed by atoms with E-state index in [0.717, 1.165) is 0 Å². The maximum Gasteiger partial charge on any atom is 0.280 e. The van der Waals surface area contributed by atoms with Crippen LogP contribution in [0.4, 0.5) is 4.79 Å². The van der Waals surface area contributed by atoms with E-state index in [0.29, 0.717) is 13.0 Å². The number of nitrogens with one attached hydrogen (secondary N) is 1. The lowest BCUT2D eigenvalue weighted by molar-refractivity contribution is 0.263. The predicted octanol–water partition coefficient (Wildman–Crippen LogP) is 1.04. The van der Waals surface area contributed by atoms with E-state index in [1.165, 1.54) is 0 Å². The van der Waals surface area contributed by atoms with Crippen molar-refractivity contribution in [2.24, 2.45) is 0 Å². The monoisotopic (exact) mass is 224 g/mol. The molecule has 0 aliphatic carbocycles. The first kappa shape index (κ1) is 7.69. The molecule has 1 N–H and O–H groups in total. The Hall–Kier alpha value is -0.310. The third-order valence-corrected chi connectivity index (χ3v) is 0.882. The Balaban J connectivity index is 2.97. The Labute approximate surface area is 61.2 Å². The van der Waals surface area contributed by atoms with Crippen molar-refractivity contribution >= 4 is 26.5 Å². The molecule has 0 rings (SSSR count). The van der Waals surface area contributed by atoms with Crippen molar-refractivity contribution in [3.05, 3.63) is 0 Å². The average Bonchev–Trinajstić information content (AvgIpc) is 1.66. The molecule has 0 aliphatic rings. The van der Waals surface area contributed by atoms with Gasteiger partial charge in [0.15, 0.2) is 0 Å². The van der Waals surface area contributed by atoms with Gasteiger partial charge in [0.05, 0.1) is 12.5 Å². The summed E-state index contributed by atoms with van der Waals surface area (Å²) >= 11 is 1.62. The summed E-state index contributed by atoms with van der Waals surface area (Å²) in [7, 11) is 0. The van der Waals surface area contributed by atoms with Crippen LogP contribution in [0.2, 0.25) is 0 Å². The standard InChI is InChI=1S/C4H5IN2O/c5-4(8)7-3-1-2-6/h1,3H2,(H,7,8). The van der Waals surface area contributed by atoms with Crippen molar-refractivity contribution in [2.75, 3.05) is 6.54 Å². The summed E-state index contributed by atoms with van der Waals surface area (Å²) in [5.41, 5.74) is 0. The van der Waals surface area contributed by atoms with Crippen molar-refractivity contribution in [1.29, 1.82) is 5.26 Å². The summed E-state index contributed by atoms with van der Waals surface area (Å²) in [6, 6.07) is 1.90. The topological polar surface area (TPSA) is 52.9 Å². The molecule has 0 bridgehead atoms. The number of rotatable bonds is 2. The van der Waals surface area contributed by atoms with E-state index < -0.39 is 0 Å². The molecule has 0 aromatic carbocycles. The van der Waals surface area contributed by atoms with Crippen LogP contribution in [0.3, 0.4) is 0 Å². The second-order valence-corrected chi connectivity index (χ2v) is 2.09. The van der Waals surface area contributed by atoms with Crippen molar-refractivity contribution in [1.82, 2.24) is 5.32 Å². The van der Waals surface area contributed by atoms with Crippen molar-refractivity contribution in [2.45, 2.75) is 6.42 Å². The molecule has 0 atom stereocenters. The maximum absolute atomic E-state index is 10.1. The largest absolute Gasteiger partial charge is 0.346 e. The number of nitrogens with zero attached hydrogens (tertiary/aromatic N) is 1. The highest BCUT2D eigenvalue weighted by molar-refractivity contribution is 14.1. The van der Waals surface area contributed by atoms with Gasteiger partial charge in [-0.15, -0.1) is 0 Å². The number of carbonyl (C=O) groups excluding carboxylic acids is 1. The summed E-state index contributed by atoms with van der Waals surface area (Å²) in [5.74, 6) is 0. The predicted molar refractivity (Wildman–Crippen MR) is 37.6 cm³/mol. The SMILES string of the molecule is N#CCCNC(=O)I. The number of halogens is 1. The molecule has 1 amide bonds. The van der Waals surface area contributed by atoms with E-state index in [-0.39, 0.29) is 3.91 Å². The van der Waals surface area contributed by atoms with Gasteiger partial charge >= 0.3 is 0 Å². The first-order valence-electron chi connectivity index (χ1n) is 2.07. The Morgan fingerprint density at radius 3 is 2.88 bits per heavy atom. The third-order valence-electron chi connectivity index (χ3n) is 0.501. The van der Waals surface area contributed by atoms with E-state index in [4.69, 9.17) is 5.26 Å². The van der Waals surface area contributed by atoms with Gasteiger partial charge < -0.3 is 5.32 Å². The zero-order valence-corrected chi connectivity index (χ0v) is 6.31. The molecular weight excluding hydrogens is 219 g/mol. The van der Waals surface area contributed by atoms with Gasteiger partial charge in [0.25, 0.3) is 3.91 Å². The molecule has 0 fully saturated rings. The molecule has 3 nitrogen and oxygen atoms in total. The molecule has 0 aliphatic heterocycles. The number of nitriles is 1. The fraction of sp³-hybridized carbons (Fsp3) is 0.500. The molecule has 4 heteroatoms. The first-order chi connectivity index (χ1) is 3.77. The average molecular weight is 224 g/mol. The van der Waals surface area contributed by atoms with Gasteiger partial charge in [0, 0.05) is 29.1 Å². The van der Waals surface area contributed by atoms with E-state index in [1.54, 1.807) is 22.6 Å². The molecule has 0 unspecified atom stereocenters. The Morgan fingerprint density at radius 2 is 2.50 bits per heavy atom. The van der Waals surface area contributed by atoms with Gasteiger partial charge in [-0.2, -0.15) is 5.26 Å². The molecule has 0 heterocycles. The molecule has 0 radical (unpaired) electrons. The fourth-order valence-corrected chi connectivity index (χ4v) is 0.486. The molecule has 0 aromatic rings. The third kappa shape index (κ3) is 5.69. The van der Waals surface area contributed by atoms with Gasteiger partial charge in [-0.1, -0.05) is 0 Å². The summed E-state index contributed by atoms with van der Waals surface area (Å²) in [6.07, 6.45) is 0.384. The van der Waals surface area contributed by atoms with Crippen LogP contribution in [0.5, 0.6) is 0 Å². The van der Waals surface area contributed by atoms with E-state index in [9.17, 15) is 4.79 Å². The van der Waals surface area contributed by atoms with Crippen LogP contribution in [0, 0.1) is 11.3 Å². The second-order valence-electron chi connectivity index (χ2n) is 1.11. The lowest BCUT2D eigenvalue weighted by Gasteiger charge is -1.90. The van der Waals surface area contributed by atoms with Crippen molar-refractivity contribution in [3.63, 3.8) is 0 Å². The van der Waals surface area contributed by atoms with Gasteiger partial charge in [-0.25, -0.2) is 0 Å².